The van der Waals surface area contributed by atoms with Crippen molar-refractivity contribution in [3.8, 4) is 0 Å². The lowest BCUT2D eigenvalue weighted by Crippen LogP contribution is -2.49. The Bertz CT molecular complexity index is 449. The number of fused-ring (bicyclic) bond motifs is 1. The van der Waals surface area contributed by atoms with Gasteiger partial charge in [0, 0.05) is 38.2 Å². The number of hydrogen-bond donors (Lipinski definition) is 1. The third-order valence-electron chi connectivity index (χ3n) is 4.58. The minimum atomic E-state index is -0.116. The third-order valence-corrected chi connectivity index (χ3v) is 4.58. The highest BCUT2D eigenvalue weighted by Crippen LogP contribution is 2.45. The molecule has 1 aliphatic heterocycles. The number of nitrogens with one attached hydrogen (secondary N) is 1. The minimum absolute atomic E-state index is 0.0489. The maximum Gasteiger partial charge on any atom is 0.246 e. The molecular formula is C16H26N2O4. The van der Waals surface area contributed by atoms with Crippen LogP contribution in [0.2, 0.25) is 0 Å². The number of carbonyl (C=O) groups excluding carboxylic acids is 2. The van der Waals surface area contributed by atoms with Crippen LogP contribution in [0.5, 0.6) is 0 Å². The predicted molar refractivity (Wildman–Crippen MR) is 82.1 cm³/mol. The second-order valence-corrected chi connectivity index (χ2v) is 6.04. The van der Waals surface area contributed by atoms with Gasteiger partial charge in [0.2, 0.25) is 11.8 Å². The largest absolute Gasteiger partial charge is 0.382 e. The smallest absolute Gasteiger partial charge is 0.246 e. The number of piperidine rings is 1. The highest BCUT2D eigenvalue weighted by atomic mass is 16.5. The van der Waals surface area contributed by atoms with Gasteiger partial charge >= 0.3 is 0 Å². The molecule has 1 N–H and O–H groups in total. The lowest BCUT2D eigenvalue weighted by molar-refractivity contribution is -0.132. The number of ether oxygens (including phenoxy) is 2. The van der Waals surface area contributed by atoms with Crippen molar-refractivity contribution in [1.82, 2.24) is 10.2 Å². The second-order valence-electron chi connectivity index (χ2n) is 6.04. The van der Waals surface area contributed by atoms with Crippen LogP contribution in [0.15, 0.2) is 11.8 Å². The van der Waals surface area contributed by atoms with Crippen molar-refractivity contribution < 1.29 is 19.1 Å². The van der Waals surface area contributed by atoms with Gasteiger partial charge in [0.15, 0.2) is 0 Å². The normalized spacial score (nSPS) is 24.7. The SMILES string of the molecule is COCCOCC(=O)NC[C@@]12CCCC=C1N(C)C(=O)CC2. The topological polar surface area (TPSA) is 67.9 Å². The van der Waals surface area contributed by atoms with E-state index in [0.29, 0.717) is 26.2 Å². The van der Waals surface area contributed by atoms with Gasteiger partial charge in [0.05, 0.1) is 13.2 Å². The molecule has 2 rings (SSSR count). The standard InChI is InChI=1S/C16H26N2O4/c1-18-13-5-3-4-7-16(13,8-6-15(18)20)12-17-14(19)11-22-10-9-21-2/h5H,3-4,6-12H2,1-2H3,(H,17,19)/t16-/m0/s1. The molecule has 0 aromatic carbocycles. The first-order valence-corrected chi connectivity index (χ1v) is 7.90. The van der Waals surface area contributed by atoms with Crippen molar-refractivity contribution in [3.05, 3.63) is 11.8 Å². The quantitative estimate of drug-likeness (QED) is 0.714. The number of rotatable bonds is 7. The predicted octanol–water partition coefficient (Wildman–Crippen LogP) is 1.07. The number of carbonyl (C=O) groups is 2. The van der Waals surface area contributed by atoms with Crippen LogP contribution < -0.4 is 5.32 Å². The van der Waals surface area contributed by atoms with Crippen LogP contribution in [-0.4, -0.2) is 57.2 Å². The number of methoxy groups -OCH3 is 1. The van der Waals surface area contributed by atoms with E-state index in [1.807, 2.05) is 7.05 Å². The number of amides is 2. The Balaban J connectivity index is 1.89. The Kier molecular flexibility index (Phi) is 5.97. The van der Waals surface area contributed by atoms with Gasteiger partial charge in [0.1, 0.15) is 6.61 Å². The van der Waals surface area contributed by atoms with Gasteiger partial charge in [-0.3, -0.25) is 9.59 Å². The summed E-state index contributed by atoms with van der Waals surface area (Å²) in [4.78, 5) is 25.6. The van der Waals surface area contributed by atoms with Crippen LogP contribution >= 0.6 is 0 Å². The Morgan fingerprint density at radius 1 is 1.41 bits per heavy atom. The molecule has 0 radical (unpaired) electrons. The van der Waals surface area contributed by atoms with Crippen LogP contribution in [0.4, 0.5) is 0 Å². The van der Waals surface area contributed by atoms with Crippen LogP contribution in [0.1, 0.15) is 32.1 Å². The van der Waals surface area contributed by atoms with Crippen molar-refractivity contribution in [1.29, 1.82) is 0 Å². The summed E-state index contributed by atoms with van der Waals surface area (Å²) in [6.45, 7) is 1.52. The Morgan fingerprint density at radius 3 is 3.00 bits per heavy atom. The van der Waals surface area contributed by atoms with E-state index in [1.54, 1.807) is 12.0 Å². The van der Waals surface area contributed by atoms with Crippen molar-refractivity contribution in [2.75, 3.05) is 40.5 Å². The number of allylic oxidation sites excluding steroid dienone is 1. The fraction of sp³-hybridized carbons (Fsp3) is 0.750. The lowest BCUT2D eigenvalue weighted by Gasteiger charge is -2.46. The summed E-state index contributed by atoms with van der Waals surface area (Å²) in [5.74, 6) is 0.0490. The monoisotopic (exact) mass is 310 g/mol. The van der Waals surface area contributed by atoms with Gasteiger partial charge in [-0.1, -0.05) is 6.08 Å². The van der Waals surface area contributed by atoms with Gasteiger partial charge in [-0.15, -0.1) is 0 Å². The molecule has 0 bridgehead atoms. The van der Waals surface area contributed by atoms with Crippen LogP contribution in [0.25, 0.3) is 0 Å². The van der Waals surface area contributed by atoms with Crippen LogP contribution in [0.3, 0.4) is 0 Å². The summed E-state index contributed by atoms with van der Waals surface area (Å²) < 4.78 is 10.1. The maximum absolute atomic E-state index is 11.9. The van der Waals surface area contributed by atoms with Crippen molar-refractivity contribution in [2.45, 2.75) is 32.1 Å². The molecule has 1 heterocycles. The summed E-state index contributed by atoms with van der Waals surface area (Å²) in [6.07, 6.45) is 6.64. The van der Waals surface area contributed by atoms with Crippen molar-refractivity contribution >= 4 is 11.8 Å². The van der Waals surface area contributed by atoms with Gasteiger partial charge in [-0.25, -0.2) is 0 Å². The molecule has 2 amide bonds. The van der Waals surface area contributed by atoms with E-state index in [9.17, 15) is 9.59 Å². The first kappa shape index (κ1) is 17.0. The first-order valence-electron chi connectivity index (χ1n) is 7.90. The van der Waals surface area contributed by atoms with Crippen LogP contribution in [-0.2, 0) is 19.1 Å². The molecule has 0 saturated carbocycles. The molecule has 1 atom stereocenters. The zero-order chi connectivity index (χ0) is 16.0. The molecule has 2 aliphatic rings. The first-order chi connectivity index (χ1) is 10.6. The Hall–Kier alpha value is -1.40. The zero-order valence-electron chi connectivity index (χ0n) is 13.5. The average Bonchev–Trinajstić information content (AvgIpc) is 2.54. The van der Waals surface area contributed by atoms with E-state index in [-0.39, 0.29) is 23.8 Å². The van der Waals surface area contributed by atoms with Gasteiger partial charge < -0.3 is 19.7 Å². The number of hydrogen-bond acceptors (Lipinski definition) is 4. The van der Waals surface area contributed by atoms with Gasteiger partial charge in [0.25, 0.3) is 0 Å². The molecule has 124 valence electrons. The summed E-state index contributed by atoms with van der Waals surface area (Å²) in [5, 5.41) is 2.97. The molecular weight excluding hydrogens is 284 g/mol. The van der Waals surface area contributed by atoms with Crippen molar-refractivity contribution in [3.63, 3.8) is 0 Å². The second kappa shape index (κ2) is 7.74. The molecule has 0 aromatic rings. The zero-order valence-corrected chi connectivity index (χ0v) is 13.5. The average molecular weight is 310 g/mol. The maximum atomic E-state index is 11.9. The summed E-state index contributed by atoms with van der Waals surface area (Å²) in [7, 11) is 3.43. The molecule has 6 heteroatoms. The highest BCUT2D eigenvalue weighted by molar-refractivity contribution is 5.80. The molecule has 1 fully saturated rings. The molecule has 1 aliphatic carbocycles. The summed E-state index contributed by atoms with van der Waals surface area (Å²) in [6, 6.07) is 0. The van der Waals surface area contributed by atoms with E-state index >= 15 is 0 Å². The van der Waals surface area contributed by atoms with E-state index in [1.165, 1.54) is 0 Å². The molecule has 6 nitrogen and oxygen atoms in total. The molecule has 22 heavy (non-hydrogen) atoms. The fourth-order valence-electron chi connectivity index (χ4n) is 3.31. The third kappa shape index (κ3) is 3.87. The Morgan fingerprint density at radius 2 is 2.23 bits per heavy atom. The van der Waals surface area contributed by atoms with E-state index < -0.39 is 0 Å². The van der Waals surface area contributed by atoms with Crippen molar-refractivity contribution in [2.24, 2.45) is 5.41 Å². The summed E-state index contributed by atoms with van der Waals surface area (Å²) in [5.41, 5.74) is 0.985. The molecule has 0 aromatic heterocycles. The Labute approximate surface area is 131 Å². The number of nitrogens with zero attached hydrogens (tertiary/aromatic N) is 1. The van der Waals surface area contributed by atoms with Crippen LogP contribution in [0, 0.1) is 5.41 Å². The fourth-order valence-corrected chi connectivity index (χ4v) is 3.31. The molecule has 0 spiro atoms. The molecule has 0 unspecified atom stereocenters. The minimum Gasteiger partial charge on any atom is -0.382 e. The van der Waals surface area contributed by atoms with Gasteiger partial charge in [-0.2, -0.15) is 0 Å². The summed E-state index contributed by atoms with van der Waals surface area (Å²) >= 11 is 0. The van der Waals surface area contributed by atoms with E-state index in [0.717, 1.165) is 31.4 Å². The number of likely N-dealkylation sites (tertiary alicyclic amines) is 1. The molecule has 1 saturated heterocycles. The van der Waals surface area contributed by atoms with E-state index in [4.69, 9.17) is 9.47 Å². The highest BCUT2D eigenvalue weighted by Gasteiger charge is 2.43. The van der Waals surface area contributed by atoms with Gasteiger partial charge in [-0.05, 0) is 25.7 Å². The lowest BCUT2D eigenvalue weighted by atomic mass is 9.70. The van der Waals surface area contributed by atoms with E-state index in [2.05, 4.69) is 11.4 Å².